The molecule has 0 radical (unpaired) electrons. The van der Waals surface area contributed by atoms with E-state index >= 15 is 0 Å². The van der Waals surface area contributed by atoms with Crippen molar-refractivity contribution >= 4 is 5.91 Å². The third-order valence-electron chi connectivity index (χ3n) is 3.32. The first-order chi connectivity index (χ1) is 7.49. The first-order valence-corrected chi connectivity index (χ1v) is 6.17. The van der Waals surface area contributed by atoms with E-state index in [2.05, 4.69) is 24.5 Å². The molecule has 0 saturated heterocycles. The highest BCUT2D eigenvalue weighted by Crippen LogP contribution is 2.25. The second-order valence-corrected chi connectivity index (χ2v) is 5.22. The lowest BCUT2D eigenvalue weighted by atomic mass is 9.82. The molecule has 0 heterocycles. The topological polar surface area (TPSA) is 61.4 Å². The summed E-state index contributed by atoms with van der Waals surface area (Å²) in [6.07, 6.45) is 1.63. The van der Waals surface area contributed by atoms with Gasteiger partial charge in [-0.15, -0.1) is 0 Å². The van der Waals surface area contributed by atoms with Gasteiger partial charge in [-0.1, -0.05) is 13.8 Å². The van der Waals surface area contributed by atoms with Crippen LogP contribution in [0.5, 0.6) is 0 Å². The summed E-state index contributed by atoms with van der Waals surface area (Å²) in [4.78, 5) is 11.5. The summed E-state index contributed by atoms with van der Waals surface area (Å²) in [5, 5.41) is 15.2. The molecule has 4 heteroatoms. The molecule has 1 aliphatic rings. The zero-order valence-electron chi connectivity index (χ0n) is 10.5. The molecular formula is C12H24N2O2. The first-order valence-electron chi connectivity index (χ1n) is 6.17. The molecule has 0 spiro atoms. The Morgan fingerprint density at radius 1 is 1.38 bits per heavy atom. The van der Waals surface area contributed by atoms with Crippen molar-refractivity contribution in [3.63, 3.8) is 0 Å². The van der Waals surface area contributed by atoms with E-state index in [9.17, 15) is 4.79 Å². The summed E-state index contributed by atoms with van der Waals surface area (Å²) < 4.78 is 0. The Bertz CT molecular complexity index is 225. The number of hydrogen-bond donors (Lipinski definition) is 3. The van der Waals surface area contributed by atoms with Crippen molar-refractivity contribution in [2.24, 2.45) is 11.8 Å². The monoisotopic (exact) mass is 228 g/mol. The van der Waals surface area contributed by atoms with E-state index in [1.54, 1.807) is 0 Å². The molecule has 0 aromatic rings. The van der Waals surface area contributed by atoms with E-state index in [0.29, 0.717) is 18.4 Å². The van der Waals surface area contributed by atoms with Crippen molar-refractivity contribution in [1.29, 1.82) is 0 Å². The van der Waals surface area contributed by atoms with Gasteiger partial charge in [0.1, 0.15) is 0 Å². The fourth-order valence-corrected chi connectivity index (χ4v) is 1.73. The van der Waals surface area contributed by atoms with Crippen LogP contribution in [0.2, 0.25) is 0 Å². The van der Waals surface area contributed by atoms with Gasteiger partial charge in [-0.25, -0.2) is 0 Å². The molecule has 1 unspecified atom stereocenters. The third kappa shape index (κ3) is 4.49. The van der Waals surface area contributed by atoms with Crippen LogP contribution < -0.4 is 10.6 Å². The summed E-state index contributed by atoms with van der Waals surface area (Å²) in [7, 11) is 0. The van der Waals surface area contributed by atoms with E-state index in [0.717, 1.165) is 19.4 Å². The van der Waals surface area contributed by atoms with Gasteiger partial charge >= 0.3 is 0 Å². The third-order valence-corrected chi connectivity index (χ3v) is 3.32. The number of aliphatic hydroxyl groups excluding tert-OH is 1. The molecule has 1 atom stereocenters. The summed E-state index contributed by atoms with van der Waals surface area (Å²) >= 11 is 0. The Balaban J connectivity index is 2.02. The van der Waals surface area contributed by atoms with Crippen LogP contribution >= 0.6 is 0 Å². The molecule has 94 valence electrons. The van der Waals surface area contributed by atoms with Crippen molar-refractivity contribution in [1.82, 2.24) is 10.6 Å². The van der Waals surface area contributed by atoms with Crippen LogP contribution in [0.15, 0.2) is 0 Å². The van der Waals surface area contributed by atoms with Crippen LogP contribution in [0.3, 0.4) is 0 Å². The summed E-state index contributed by atoms with van der Waals surface area (Å²) in [6, 6.07) is 0.222. The lowest BCUT2D eigenvalue weighted by Crippen LogP contribution is -2.43. The van der Waals surface area contributed by atoms with Gasteiger partial charge in [0.2, 0.25) is 5.91 Å². The van der Waals surface area contributed by atoms with E-state index in [1.807, 2.05) is 6.92 Å². The normalized spacial score (nSPS) is 26.3. The Morgan fingerprint density at radius 3 is 2.50 bits per heavy atom. The fraction of sp³-hybridized carbons (Fsp3) is 0.917. The molecule has 0 aromatic heterocycles. The maximum atomic E-state index is 11.5. The minimum Gasteiger partial charge on any atom is -0.393 e. The number of carbonyl (C=O) groups excluding carboxylic acids is 1. The highest BCUT2D eigenvalue weighted by Gasteiger charge is 2.26. The molecule has 4 nitrogen and oxygen atoms in total. The largest absolute Gasteiger partial charge is 0.393 e. The molecule has 1 aliphatic carbocycles. The van der Waals surface area contributed by atoms with Gasteiger partial charge in [-0.2, -0.15) is 0 Å². The number of hydrogen-bond acceptors (Lipinski definition) is 3. The second-order valence-electron chi connectivity index (χ2n) is 5.22. The average molecular weight is 228 g/mol. The molecule has 1 amide bonds. The number of nitrogens with one attached hydrogen (secondary N) is 2. The van der Waals surface area contributed by atoms with Gasteiger partial charge in [0, 0.05) is 6.04 Å². The zero-order chi connectivity index (χ0) is 12.1. The maximum absolute atomic E-state index is 11.5. The van der Waals surface area contributed by atoms with Crippen molar-refractivity contribution < 1.29 is 9.90 Å². The van der Waals surface area contributed by atoms with E-state index in [4.69, 9.17) is 5.11 Å². The van der Waals surface area contributed by atoms with E-state index < -0.39 is 0 Å². The van der Waals surface area contributed by atoms with E-state index in [1.165, 1.54) is 0 Å². The van der Waals surface area contributed by atoms with Crippen LogP contribution in [0.4, 0.5) is 0 Å². The van der Waals surface area contributed by atoms with Crippen molar-refractivity contribution in [3.05, 3.63) is 0 Å². The molecule has 16 heavy (non-hydrogen) atoms. The first kappa shape index (κ1) is 13.5. The van der Waals surface area contributed by atoms with Gasteiger partial charge in [0.25, 0.3) is 0 Å². The molecular weight excluding hydrogens is 204 g/mol. The lowest BCUT2D eigenvalue weighted by molar-refractivity contribution is -0.121. The average Bonchev–Trinajstić information content (AvgIpc) is 2.14. The van der Waals surface area contributed by atoms with Crippen molar-refractivity contribution in [2.75, 3.05) is 13.1 Å². The zero-order valence-corrected chi connectivity index (χ0v) is 10.5. The molecule has 1 fully saturated rings. The standard InChI is InChI=1S/C12H24N2O2/c1-8(2)9(3)14-12(16)7-13-6-10-4-11(15)5-10/h8-11,13,15H,4-7H2,1-3H3,(H,14,16). The highest BCUT2D eigenvalue weighted by atomic mass is 16.3. The highest BCUT2D eigenvalue weighted by molar-refractivity contribution is 5.78. The van der Waals surface area contributed by atoms with Crippen LogP contribution in [-0.4, -0.2) is 36.2 Å². The predicted octanol–water partition coefficient (Wildman–Crippen LogP) is 0.508. The van der Waals surface area contributed by atoms with Crippen LogP contribution in [-0.2, 0) is 4.79 Å². The van der Waals surface area contributed by atoms with Gasteiger partial charge < -0.3 is 15.7 Å². The molecule has 3 N–H and O–H groups in total. The number of aliphatic hydroxyl groups is 1. The van der Waals surface area contributed by atoms with Gasteiger partial charge in [-0.05, 0) is 38.1 Å². The Kier molecular flexibility index (Phi) is 5.22. The van der Waals surface area contributed by atoms with Gasteiger partial charge in [-0.3, -0.25) is 4.79 Å². The van der Waals surface area contributed by atoms with E-state index in [-0.39, 0.29) is 18.1 Å². The summed E-state index contributed by atoms with van der Waals surface area (Å²) in [5.41, 5.74) is 0. The van der Waals surface area contributed by atoms with Gasteiger partial charge in [0.05, 0.1) is 12.6 Å². The molecule has 0 aliphatic heterocycles. The van der Waals surface area contributed by atoms with Crippen molar-refractivity contribution in [3.8, 4) is 0 Å². The number of rotatable bonds is 6. The SMILES string of the molecule is CC(C)C(C)NC(=O)CNCC1CC(O)C1. The second kappa shape index (κ2) is 6.21. The Morgan fingerprint density at radius 2 is 2.00 bits per heavy atom. The Labute approximate surface area is 97.8 Å². The minimum absolute atomic E-state index is 0.0565. The number of amides is 1. The minimum atomic E-state index is -0.110. The lowest BCUT2D eigenvalue weighted by Gasteiger charge is -2.31. The number of carbonyl (C=O) groups is 1. The predicted molar refractivity (Wildman–Crippen MR) is 64.0 cm³/mol. The van der Waals surface area contributed by atoms with Crippen LogP contribution in [0, 0.1) is 11.8 Å². The van der Waals surface area contributed by atoms with Crippen LogP contribution in [0.25, 0.3) is 0 Å². The summed E-state index contributed by atoms with van der Waals surface area (Å²) in [5.74, 6) is 1.07. The molecule has 0 aromatic carbocycles. The maximum Gasteiger partial charge on any atom is 0.234 e. The quantitative estimate of drug-likeness (QED) is 0.620. The molecule has 0 bridgehead atoms. The van der Waals surface area contributed by atoms with Crippen molar-refractivity contribution in [2.45, 2.75) is 45.8 Å². The smallest absolute Gasteiger partial charge is 0.234 e. The fourth-order valence-electron chi connectivity index (χ4n) is 1.73. The molecule has 1 saturated carbocycles. The summed E-state index contributed by atoms with van der Waals surface area (Å²) in [6.45, 7) is 7.41. The Hall–Kier alpha value is -0.610. The molecule has 1 rings (SSSR count). The van der Waals surface area contributed by atoms with Gasteiger partial charge in [0.15, 0.2) is 0 Å². The van der Waals surface area contributed by atoms with Crippen LogP contribution in [0.1, 0.15) is 33.6 Å².